The number of hydrogen-bond acceptors (Lipinski definition) is 3. The normalized spacial score (nSPS) is 14.5. The van der Waals surface area contributed by atoms with Crippen molar-refractivity contribution in [3.63, 3.8) is 0 Å². The summed E-state index contributed by atoms with van der Waals surface area (Å²) in [6.07, 6.45) is -0.0900. The van der Waals surface area contributed by atoms with E-state index in [9.17, 15) is 4.79 Å². The molecule has 0 aliphatic carbocycles. The van der Waals surface area contributed by atoms with E-state index in [4.69, 9.17) is 18.7 Å². The van der Waals surface area contributed by atoms with Gasteiger partial charge in [0.05, 0.1) is 2.74 Å². The van der Waals surface area contributed by atoms with E-state index >= 15 is 0 Å². The maximum atomic E-state index is 10.5. The lowest BCUT2D eigenvalue weighted by Gasteiger charge is -2.05. The highest BCUT2D eigenvalue weighted by atomic mass is 16.4. The fourth-order valence-corrected chi connectivity index (χ4v) is 0.831. The van der Waals surface area contributed by atoms with E-state index in [0.717, 1.165) is 12.1 Å². The van der Waals surface area contributed by atoms with Crippen LogP contribution in [0.25, 0.3) is 0 Å². The Morgan fingerprint density at radius 3 is 2.62 bits per heavy atom. The molecule has 70 valence electrons. The molecule has 0 radical (unpaired) electrons. The number of nitrogens with two attached hydrogens (primary N) is 1. The highest BCUT2D eigenvalue weighted by molar-refractivity contribution is 5.73. The minimum Gasteiger partial charge on any atom is -0.508 e. The van der Waals surface area contributed by atoms with Crippen LogP contribution in [0.3, 0.4) is 0 Å². The molecule has 4 nitrogen and oxygen atoms in total. The zero-order chi connectivity index (χ0) is 11.6. The quantitative estimate of drug-likeness (QED) is 0.631. The lowest BCUT2D eigenvalue weighted by atomic mass is 10.1. The van der Waals surface area contributed by atoms with Gasteiger partial charge < -0.3 is 15.9 Å². The first-order valence-electron chi connectivity index (χ1n) is 4.69. The summed E-state index contributed by atoms with van der Waals surface area (Å²) in [6, 6.07) is 1.03. The van der Waals surface area contributed by atoms with Crippen LogP contribution in [-0.2, 0) is 11.2 Å². The van der Waals surface area contributed by atoms with Crippen molar-refractivity contribution >= 4 is 5.97 Å². The molecule has 1 rings (SSSR count). The monoisotopic (exact) mass is 183 g/mol. The summed E-state index contributed by atoms with van der Waals surface area (Å²) in [5, 5.41) is 17.7. The first kappa shape index (κ1) is 6.91. The molecule has 0 spiro atoms. The van der Waals surface area contributed by atoms with E-state index in [1.807, 2.05) is 0 Å². The van der Waals surface area contributed by atoms with E-state index in [1.54, 1.807) is 0 Å². The standard InChI is InChI=1S/C9H11NO3/c10-8(9(12)13)5-6-1-3-7(11)4-2-6/h1-4,8,11H,5,10H2,(H,12,13)/t8-/m0/s1/i1D,2D. The Kier molecular flexibility index (Phi) is 2.08. The molecule has 0 aromatic heterocycles. The van der Waals surface area contributed by atoms with Crippen molar-refractivity contribution in [2.45, 2.75) is 12.5 Å². The molecular weight excluding hydrogens is 170 g/mol. The molecule has 0 aliphatic heterocycles. The first-order chi connectivity index (χ1) is 6.91. The Morgan fingerprint density at radius 1 is 1.62 bits per heavy atom. The van der Waals surface area contributed by atoms with E-state index in [2.05, 4.69) is 0 Å². The van der Waals surface area contributed by atoms with Crippen LogP contribution in [0.5, 0.6) is 5.75 Å². The summed E-state index contributed by atoms with van der Waals surface area (Å²) in [4.78, 5) is 10.5. The van der Waals surface area contributed by atoms with Gasteiger partial charge in [-0.2, -0.15) is 0 Å². The Morgan fingerprint density at radius 2 is 2.15 bits per heavy atom. The summed E-state index contributed by atoms with van der Waals surface area (Å²) in [5.41, 5.74) is 5.52. The van der Waals surface area contributed by atoms with E-state index in [-0.39, 0.29) is 29.8 Å². The zero-order valence-electron chi connectivity index (χ0n) is 8.82. The van der Waals surface area contributed by atoms with Crippen molar-refractivity contribution in [1.82, 2.24) is 0 Å². The van der Waals surface area contributed by atoms with Crippen molar-refractivity contribution in [2.75, 3.05) is 0 Å². The second-order valence-electron chi connectivity index (χ2n) is 2.63. The van der Waals surface area contributed by atoms with Gasteiger partial charge in [0.15, 0.2) is 0 Å². The third-order valence-corrected chi connectivity index (χ3v) is 1.53. The minimum absolute atomic E-state index is 0.0725. The molecule has 0 bridgehead atoms. The molecular formula is C9H11NO3. The fourth-order valence-electron chi connectivity index (χ4n) is 0.831. The number of rotatable bonds is 3. The molecule has 1 atom stereocenters. The number of benzene rings is 1. The third kappa shape index (κ3) is 2.76. The fraction of sp³-hybridized carbons (Fsp3) is 0.222. The molecule has 13 heavy (non-hydrogen) atoms. The summed E-state index contributed by atoms with van der Waals surface area (Å²) < 4.78 is 14.9. The number of carboxylic acids is 1. The topological polar surface area (TPSA) is 83.5 Å². The number of hydrogen-bond donors (Lipinski definition) is 3. The van der Waals surface area contributed by atoms with Crippen LogP contribution in [-0.4, -0.2) is 22.2 Å². The van der Waals surface area contributed by atoms with Crippen LogP contribution in [0, 0.1) is 0 Å². The molecule has 0 saturated carbocycles. The van der Waals surface area contributed by atoms with Crippen LogP contribution in [0.1, 0.15) is 8.30 Å². The maximum absolute atomic E-state index is 10.5. The van der Waals surface area contributed by atoms with Gasteiger partial charge in [-0.3, -0.25) is 4.79 Å². The van der Waals surface area contributed by atoms with Crippen LogP contribution in [0.2, 0.25) is 0 Å². The Hall–Kier alpha value is -1.55. The average Bonchev–Trinajstić information content (AvgIpc) is 2.10. The molecule has 4 heteroatoms. The van der Waals surface area contributed by atoms with Crippen molar-refractivity contribution < 1.29 is 17.7 Å². The molecule has 0 fully saturated rings. The van der Waals surface area contributed by atoms with Crippen molar-refractivity contribution in [3.05, 3.63) is 29.8 Å². The van der Waals surface area contributed by atoms with Crippen molar-refractivity contribution in [1.29, 1.82) is 0 Å². The minimum atomic E-state index is -1.18. The highest BCUT2D eigenvalue weighted by Crippen LogP contribution is 2.10. The van der Waals surface area contributed by atoms with E-state index < -0.39 is 12.0 Å². The van der Waals surface area contributed by atoms with Gasteiger partial charge in [-0.25, -0.2) is 0 Å². The molecule has 1 aromatic rings. The van der Waals surface area contributed by atoms with Crippen LogP contribution in [0.15, 0.2) is 24.2 Å². The van der Waals surface area contributed by atoms with Crippen LogP contribution >= 0.6 is 0 Å². The Bertz CT molecular complexity index is 372. The number of carboxylic acid groups (broad SMARTS) is 1. The van der Waals surface area contributed by atoms with Gasteiger partial charge in [0.2, 0.25) is 0 Å². The second-order valence-corrected chi connectivity index (χ2v) is 2.63. The van der Waals surface area contributed by atoms with Crippen molar-refractivity contribution in [2.24, 2.45) is 5.73 Å². The number of carbonyl (C=O) groups is 1. The molecule has 0 heterocycles. The predicted octanol–water partition coefficient (Wildman–Crippen LogP) is 0.347. The van der Waals surface area contributed by atoms with Gasteiger partial charge in [-0.15, -0.1) is 0 Å². The second kappa shape index (κ2) is 3.91. The van der Waals surface area contributed by atoms with E-state index in [0.29, 0.717) is 0 Å². The number of phenols is 1. The SMILES string of the molecule is [2H]c1cc(O)cc([2H])c1C[C@H](N)C(=O)O. The molecule has 0 aliphatic rings. The highest BCUT2D eigenvalue weighted by Gasteiger charge is 2.11. The number of aromatic hydroxyl groups is 1. The van der Waals surface area contributed by atoms with Gasteiger partial charge in [-0.05, 0) is 24.1 Å². The zero-order valence-corrected chi connectivity index (χ0v) is 6.82. The maximum Gasteiger partial charge on any atom is 0.320 e. The van der Waals surface area contributed by atoms with Crippen LogP contribution < -0.4 is 5.73 Å². The lowest BCUT2D eigenvalue weighted by Crippen LogP contribution is -2.32. The van der Waals surface area contributed by atoms with Gasteiger partial charge in [0.25, 0.3) is 0 Å². The lowest BCUT2D eigenvalue weighted by molar-refractivity contribution is -0.138. The first-order valence-corrected chi connectivity index (χ1v) is 3.69. The van der Waals surface area contributed by atoms with Gasteiger partial charge in [0, 0.05) is 0 Å². The van der Waals surface area contributed by atoms with Gasteiger partial charge >= 0.3 is 5.97 Å². The summed E-state index contributed by atoms with van der Waals surface area (Å²) >= 11 is 0. The third-order valence-electron chi connectivity index (χ3n) is 1.53. The van der Waals surface area contributed by atoms with Gasteiger partial charge in [-0.1, -0.05) is 12.1 Å². The Balaban J connectivity index is 3.00. The predicted molar refractivity (Wildman–Crippen MR) is 47.4 cm³/mol. The smallest absolute Gasteiger partial charge is 0.320 e. The van der Waals surface area contributed by atoms with Gasteiger partial charge in [0.1, 0.15) is 11.8 Å². The number of phenolic OH excluding ortho intramolecular Hbond substituents is 1. The number of aliphatic carboxylic acids is 1. The van der Waals surface area contributed by atoms with E-state index in [1.165, 1.54) is 0 Å². The average molecular weight is 183 g/mol. The molecule has 0 amide bonds. The Labute approximate surface area is 78.4 Å². The molecule has 1 aromatic carbocycles. The molecule has 0 saturated heterocycles. The van der Waals surface area contributed by atoms with Crippen molar-refractivity contribution in [3.8, 4) is 5.75 Å². The summed E-state index contributed by atoms with van der Waals surface area (Å²) in [5.74, 6) is -1.36. The summed E-state index contributed by atoms with van der Waals surface area (Å²) in [6.45, 7) is 0. The largest absolute Gasteiger partial charge is 0.508 e. The molecule has 0 unspecified atom stereocenters. The molecule has 4 N–H and O–H groups in total. The summed E-state index contributed by atoms with van der Waals surface area (Å²) in [7, 11) is 0. The van der Waals surface area contributed by atoms with Crippen LogP contribution in [0.4, 0.5) is 0 Å².